The van der Waals surface area contributed by atoms with Gasteiger partial charge in [0.15, 0.2) is 23.0 Å². The van der Waals surface area contributed by atoms with Gasteiger partial charge in [-0.3, -0.25) is 9.59 Å². The minimum absolute atomic E-state index is 0.173. The molecule has 8 heteroatoms. The molecular weight excluding hydrogens is 536 g/mol. The molecule has 0 aliphatic heterocycles. The zero-order valence-corrected chi connectivity index (χ0v) is 24.6. The Morgan fingerprint density at radius 2 is 0.976 bits per heavy atom. The predicted molar refractivity (Wildman–Crippen MR) is 160 cm³/mol. The number of rotatable bonds is 13. The number of Topliss-reactive ketones (excluding diaryl/α,β-unsaturated/α-hetero) is 2. The van der Waals surface area contributed by atoms with Crippen LogP contribution in [0.5, 0.6) is 34.5 Å². The largest absolute Gasteiger partial charge is 0.497 e. The molecule has 4 rings (SSSR count). The fourth-order valence-corrected chi connectivity index (χ4v) is 4.74. The van der Waals surface area contributed by atoms with Crippen molar-refractivity contribution in [2.45, 2.75) is 12.8 Å². The zero-order chi connectivity index (χ0) is 30.2. The summed E-state index contributed by atoms with van der Waals surface area (Å²) < 4.78 is 32.8. The molecule has 0 unspecified atom stereocenters. The van der Waals surface area contributed by atoms with Crippen molar-refractivity contribution >= 4 is 11.6 Å². The van der Waals surface area contributed by atoms with Crippen LogP contribution in [0.15, 0.2) is 72.8 Å². The van der Waals surface area contributed by atoms with Crippen LogP contribution in [0.25, 0.3) is 11.1 Å². The number of ether oxygens (including phenoxy) is 6. The molecule has 0 aromatic heterocycles. The number of hydrogen-bond acceptors (Lipinski definition) is 8. The summed E-state index contributed by atoms with van der Waals surface area (Å²) >= 11 is 0. The van der Waals surface area contributed by atoms with Crippen molar-refractivity contribution in [1.82, 2.24) is 0 Å². The first-order valence-electron chi connectivity index (χ1n) is 13.2. The standard InChI is InChI=1S/C34H34O8/c1-37-24-13-8-21(9-14-24)7-10-23-17-29(39-3)30(40-4)18-26(23)27-19-31(41-5)32(42-6)20-28(27)34(36)33(35)22-11-15-25(38-2)16-12-22/h8-9,11-20H,7,10H2,1-6H3. The summed E-state index contributed by atoms with van der Waals surface area (Å²) in [6.45, 7) is 0. The van der Waals surface area contributed by atoms with Crippen LogP contribution in [0.2, 0.25) is 0 Å². The van der Waals surface area contributed by atoms with Crippen molar-refractivity contribution < 1.29 is 38.0 Å². The fraction of sp³-hybridized carbons (Fsp3) is 0.235. The molecule has 0 spiro atoms. The molecular formula is C34H34O8. The number of carbonyl (C=O) groups excluding carboxylic acids is 2. The number of aryl methyl sites for hydroxylation is 2. The molecule has 4 aromatic rings. The third-order valence-corrected chi connectivity index (χ3v) is 7.07. The quantitative estimate of drug-likeness (QED) is 0.138. The highest BCUT2D eigenvalue weighted by atomic mass is 16.5. The normalized spacial score (nSPS) is 10.5. The number of hydrogen-bond donors (Lipinski definition) is 0. The summed E-state index contributed by atoms with van der Waals surface area (Å²) in [5.74, 6) is 1.78. The van der Waals surface area contributed by atoms with Crippen molar-refractivity contribution in [1.29, 1.82) is 0 Å². The summed E-state index contributed by atoms with van der Waals surface area (Å²) in [4.78, 5) is 27.3. The second-order valence-electron chi connectivity index (χ2n) is 9.35. The average Bonchev–Trinajstić information content (AvgIpc) is 3.05. The second-order valence-corrected chi connectivity index (χ2v) is 9.35. The highest BCUT2D eigenvalue weighted by Crippen LogP contribution is 2.42. The van der Waals surface area contributed by atoms with Gasteiger partial charge in [-0.2, -0.15) is 0 Å². The van der Waals surface area contributed by atoms with Gasteiger partial charge in [-0.25, -0.2) is 0 Å². The second kappa shape index (κ2) is 13.6. The van der Waals surface area contributed by atoms with Gasteiger partial charge in [0, 0.05) is 11.1 Å². The first-order chi connectivity index (χ1) is 20.4. The monoisotopic (exact) mass is 570 g/mol. The summed E-state index contributed by atoms with van der Waals surface area (Å²) in [7, 11) is 9.29. The van der Waals surface area contributed by atoms with Crippen LogP contribution < -0.4 is 28.4 Å². The lowest BCUT2D eigenvalue weighted by atomic mass is 9.88. The van der Waals surface area contributed by atoms with E-state index in [1.54, 1.807) is 57.7 Å². The maximum Gasteiger partial charge on any atom is 0.234 e. The minimum Gasteiger partial charge on any atom is -0.497 e. The predicted octanol–water partition coefficient (Wildman–Crippen LogP) is 6.26. The van der Waals surface area contributed by atoms with E-state index in [0.29, 0.717) is 52.7 Å². The Balaban J connectivity index is 1.86. The van der Waals surface area contributed by atoms with Gasteiger partial charge >= 0.3 is 0 Å². The molecule has 0 amide bonds. The third-order valence-electron chi connectivity index (χ3n) is 7.07. The number of methoxy groups -OCH3 is 6. The van der Waals surface area contributed by atoms with E-state index in [0.717, 1.165) is 16.9 Å². The van der Waals surface area contributed by atoms with Gasteiger partial charge in [0.2, 0.25) is 11.6 Å². The van der Waals surface area contributed by atoms with E-state index < -0.39 is 11.6 Å². The van der Waals surface area contributed by atoms with Crippen molar-refractivity contribution in [2.24, 2.45) is 0 Å². The van der Waals surface area contributed by atoms with Crippen molar-refractivity contribution in [3.63, 3.8) is 0 Å². The van der Waals surface area contributed by atoms with E-state index in [4.69, 9.17) is 28.4 Å². The number of benzene rings is 4. The van der Waals surface area contributed by atoms with Gasteiger partial charge in [-0.1, -0.05) is 12.1 Å². The smallest absolute Gasteiger partial charge is 0.234 e. The van der Waals surface area contributed by atoms with E-state index >= 15 is 0 Å². The van der Waals surface area contributed by atoms with E-state index in [1.807, 2.05) is 36.4 Å². The number of ketones is 2. The zero-order valence-electron chi connectivity index (χ0n) is 24.6. The van der Waals surface area contributed by atoms with Gasteiger partial charge in [0.1, 0.15) is 11.5 Å². The molecule has 8 nitrogen and oxygen atoms in total. The minimum atomic E-state index is -0.688. The number of carbonyl (C=O) groups is 2. The molecule has 0 atom stereocenters. The lowest BCUT2D eigenvalue weighted by molar-refractivity contribution is 0.0817. The topological polar surface area (TPSA) is 89.5 Å². The molecule has 0 aliphatic rings. The first kappa shape index (κ1) is 30.0. The molecule has 4 aromatic carbocycles. The highest BCUT2D eigenvalue weighted by molar-refractivity contribution is 6.50. The molecule has 0 fully saturated rings. The Labute approximate surface area is 245 Å². The van der Waals surface area contributed by atoms with Gasteiger partial charge in [-0.15, -0.1) is 0 Å². The van der Waals surface area contributed by atoms with Crippen LogP contribution in [-0.4, -0.2) is 54.2 Å². The van der Waals surface area contributed by atoms with Crippen molar-refractivity contribution in [3.05, 3.63) is 95.1 Å². The maximum atomic E-state index is 13.8. The highest BCUT2D eigenvalue weighted by Gasteiger charge is 2.26. The van der Waals surface area contributed by atoms with Crippen LogP contribution >= 0.6 is 0 Å². The summed E-state index contributed by atoms with van der Waals surface area (Å²) in [6, 6.07) is 21.2. The van der Waals surface area contributed by atoms with E-state index in [9.17, 15) is 9.59 Å². The lowest BCUT2D eigenvalue weighted by Gasteiger charge is -2.19. The van der Waals surface area contributed by atoms with Crippen molar-refractivity contribution in [3.8, 4) is 45.6 Å². The first-order valence-corrected chi connectivity index (χ1v) is 13.2. The SMILES string of the molecule is COc1ccc(CCc2cc(OC)c(OC)cc2-c2cc(OC)c(OC)cc2C(=O)C(=O)c2ccc(OC)cc2)cc1. The Morgan fingerprint density at radius 3 is 1.50 bits per heavy atom. The van der Waals surface area contributed by atoms with Crippen LogP contribution in [0.1, 0.15) is 31.8 Å². The summed E-state index contributed by atoms with van der Waals surface area (Å²) in [6.07, 6.45) is 1.31. The molecule has 42 heavy (non-hydrogen) atoms. The average molecular weight is 571 g/mol. The molecule has 0 N–H and O–H groups in total. The van der Waals surface area contributed by atoms with Gasteiger partial charge in [-0.05, 0) is 95.8 Å². The van der Waals surface area contributed by atoms with Gasteiger partial charge in [0.25, 0.3) is 0 Å². The Hall–Kier alpha value is -4.98. The summed E-state index contributed by atoms with van der Waals surface area (Å²) in [5.41, 5.74) is 3.62. The van der Waals surface area contributed by atoms with Crippen molar-refractivity contribution in [2.75, 3.05) is 42.7 Å². The van der Waals surface area contributed by atoms with E-state index in [2.05, 4.69) is 0 Å². The van der Waals surface area contributed by atoms with Crippen LogP contribution in [0.3, 0.4) is 0 Å². The van der Waals surface area contributed by atoms with E-state index in [-0.39, 0.29) is 11.1 Å². The molecule has 0 heterocycles. The Morgan fingerprint density at radius 1 is 0.500 bits per heavy atom. The molecule has 0 aliphatic carbocycles. The van der Waals surface area contributed by atoms with E-state index in [1.165, 1.54) is 21.3 Å². The molecule has 0 saturated carbocycles. The Bertz CT molecular complexity index is 1560. The molecule has 0 radical (unpaired) electrons. The fourth-order valence-electron chi connectivity index (χ4n) is 4.74. The van der Waals surface area contributed by atoms with Crippen LogP contribution in [0.4, 0.5) is 0 Å². The maximum absolute atomic E-state index is 13.8. The lowest BCUT2D eigenvalue weighted by Crippen LogP contribution is -2.16. The molecule has 218 valence electrons. The third kappa shape index (κ3) is 6.33. The van der Waals surface area contributed by atoms with Gasteiger partial charge < -0.3 is 28.4 Å². The molecule has 0 bridgehead atoms. The van der Waals surface area contributed by atoms with Gasteiger partial charge in [0.05, 0.1) is 42.7 Å². The van der Waals surface area contributed by atoms with Crippen LogP contribution in [-0.2, 0) is 12.8 Å². The Kier molecular flexibility index (Phi) is 9.70. The summed E-state index contributed by atoms with van der Waals surface area (Å²) in [5, 5.41) is 0. The molecule has 0 saturated heterocycles. The van der Waals surface area contributed by atoms with Crippen LogP contribution in [0, 0.1) is 0 Å².